The minimum absolute atomic E-state index is 0.963. The molecule has 1 heteroatoms. The molecule has 0 saturated carbocycles. The fourth-order valence-corrected chi connectivity index (χ4v) is 1.44. The number of aryl methyl sites for hydroxylation is 1. The first kappa shape index (κ1) is 10.8. The van der Waals surface area contributed by atoms with Gasteiger partial charge in [0.05, 0.1) is 0 Å². The van der Waals surface area contributed by atoms with Gasteiger partial charge in [0, 0.05) is 0 Å². The van der Waals surface area contributed by atoms with Gasteiger partial charge >= 0.3 is 0 Å². The standard InChI is InChI=1S/C13H18O/c1-5-6-10(2)9-11(3)13-8-7-12(4)14-13/h6-9H,5H2,1-4H3/b10-6-,11-9+. The number of hydrogen-bond acceptors (Lipinski definition) is 1. The van der Waals surface area contributed by atoms with Crippen molar-refractivity contribution in [3.05, 3.63) is 41.4 Å². The largest absolute Gasteiger partial charge is 0.462 e. The van der Waals surface area contributed by atoms with Gasteiger partial charge in [-0.15, -0.1) is 0 Å². The van der Waals surface area contributed by atoms with E-state index in [1.54, 1.807) is 0 Å². The van der Waals surface area contributed by atoms with E-state index in [0.29, 0.717) is 0 Å². The van der Waals surface area contributed by atoms with Gasteiger partial charge in [0.15, 0.2) is 0 Å². The van der Waals surface area contributed by atoms with Crippen LogP contribution in [0, 0.1) is 6.92 Å². The van der Waals surface area contributed by atoms with E-state index >= 15 is 0 Å². The first-order chi connectivity index (χ1) is 6.63. The second kappa shape index (κ2) is 4.85. The van der Waals surface area contributed by atoms with Crippen LogP contribution >= 0.6 is 0 Å². The van der Waals surface area contributed by atoms with Gasteiger partial charge in [0.25, 0.3) is 0 Å². The Kier molecular flexibility index (Phi) is 3.75. The zero-order valence-corrected chi connectivity index (χ0v) is 9.42. The molecule has 14 heavy (non-hydrogen) atoms. The quantitative estimate of drug-likeness (QED) is 0.646. The van der Waals surface area contributed by atoms with Crippen LogP contribution in [0.4, 0.5) is 0 Å². The van der Waals surface area contributed by atoms with Crippen molar-refractivity contribution in [1.29, 1.82) is 0 Å². The zero-order valence-electron chi connectivity index (χ0n) is 9.42. The number of hydrogen-bond donors (Lipinski definition) is 0. The molecular formula is C13H18O. The van der Waals surface area contributed by atoms with Crippen molar-refractivity contribution < 1.29 is 4.42 Å². The Bertz CT molecular complexity index is 353. The Morgan fingerprint density at radius 2 is 2.07 bits per heavy atom. The Morgan fingerprint density at radius 1 is 1.36 bits per heavy atom. The normalized spacial score (nSPS) is 13.4. The van der Waals surface area contributed by atoms with E-state index in [1.165, 1.54) is 11.1 Å². The summed E-state index contributed by atoms with van der Waals surface area (Å²) in [5.41, 5.74) is 2.47. The topological polar surface area (TPSA) is 13.1 Å². The van der Waals surface area contributed by atoms with Gasteiger partial charge in [-0.25, -0.2) is 0 Å². The lowest BCUT2D eigenvalue weighted by Crippen LogP contribution is -1.76. The van der Waals surface area contributed by atoms with Gasteiger partial charge in [-0.1, -0.05) is 24.6 Å². The second-order valence-corrected chi connectivity index (χ2v) is 3.59. The van der Waals surface area contributed by atoms with Crippen molar-refractivity contribution in [2.75, 3.05) is 0 Å². The summed E-state index contributed by atoms with van der Waals surface area (Å²) in [6, 6.07) is 4.01. The molecule has 0 saturated heterocycles. The predicted octanol–water partition coefficient (Wildman–Crippen LogP) is 4.35. The molecule has 1 aromatic rings. The molecule has 1 heterocycles. The molecule has 0 fully saturated rings. The minimum atomic E-state index is 0.963. The van der Waals surface area contributed by atoms with Crippen LogP contribution in [0.1, 0.15) is 38.7 Å². The van der Waals surface area contributed by atoms with E-state index in [1.807, 2.05) is 19.1 Å². The fourth-order valence-electron chi connectivity index (χ4n) is 1.44. The van der Waals surface area contributed by atoms with Gasteiger partial charge in [-0.2, -0.15) is 0 Å². The lowest BCUT2D eigenvalue weighted by atomic mass is 10.1. The van der Waals surface area contributed by atoms with E-state index < -0.39 is 0 Å². The SMILES string of the molecule is CC/C=C(C)\C=C(/C)c1ccc(C)o1. The fraction of sp³-hybridized carbons (Fsp3) is 0.385. The van der Waals surface area contributed by atoms with Gasteiger partial charge in [0.1, 0.15) is 11.5 Å². The second-order valence-electron chi connectivity index (χ2n) is 3.59. The molecule has 0 amide bonds. The van der Waals surface area contributed by atoms with Gasteiger partial charge in [0.2, 0.25) is 0 Å². The van der Waals surface area contributed by atoms with Crippen LogP contribution in [-0.4, -0.2) is 0 Å². The van der Waals surface area contributed by atoms with E-state index in [2.05, 4.69) is 32.9 Å². The van der Waals surface area contributed by atoms with E-state index in [9.17, 15) is 0 Å². The molecule has 1 rings (SSSR count). The molecule has 0 aliphatic rings. The summed E-state index contributed by atoms with van der Waals surface area (Å²) in [6.45, 7) is 8.29. The van der Waals surface area contributed by atoms with Crippen LogP contribution in [-0.2, 0) is 0 Å². The molecule has 1 nitrogen and oxygen atoms in total. The Labute approximate surface area is 86.1 Å². The molecule has 0 bridgehead atoms. The molecule has 0 atom stereocenters. The molecule has 1 aromatic heterocycles. The van der Waals surface area contributed by atoms with Crippen molar-refractivity contribution in [2.45, 2.75) is 34.1 Å². The predicted molar refractivity (Wildman–Crippen MR) is 61.1 cm³/mol. The average molecular weight is 190 g/mol. The Morgan fingerprint density at radius 3 is 2.57 bits per heavy atom. The summed E-state index contributed by atoms with van der Waals surface area (Å²) in [7, 11) is 0. The smallest absolute Gasteiger partial charge is 0.129 e. The van der Waals surface area contributed by atoms with Crippen LogP contribution in [0.25, 0.3) is 5.57 Å². The third kappa shape index (κ3) is 2.91. The molecule has 0 aliphatic carbocycles. The summed E-state index contributed by atoms with van der Waals surface area (Å²) >= 11 is 0. The molecule has 0 radical (unpaired) electrons. The van der Waals surface area contributed by atoms with Crippen molar-refractivity contribution in [2.24, 2.45) is 0 Å². The highest BCUT2D eigenvalue weighted by Gasteiger charge is 1.99. The maximum Gasteiger partial charge on any atom is 0.129 e. The summed E-state index contributed by atoms with van der Waals surface area (Å²) in [6.07, 6.45) is 5.44. The van der Waals surface area contributed by atoms with Crippen LogP contribution in [0.2, 0.25) is 0 Å². The highest BCUT2D eigenvalue weighted by molar-refractivity contribution is 5.62. The van der Waals surface area contributed by atoms with Crippen molar-refractivity contribution in [1.82, 2.24) is 0 Å². The first-order valence-electron chi connectivity index (χ1n) is 5.05. The minimum Gasteiger partial charge on any atom is -0.462 e. The maximum atomic E-state index is 5.53. The molecule has 0 N–H and O–H groups in total. The van der Waals surface area contributed by atoms with Gasteiger partial charge < -0.3 is 4.42 Å². The number of rotatable bonds is 3. The summed E-state index contributed by atoms with van der Waals surface area (Å²) in [5.74, 6) is 1.93. The highest BCUT2D eigenvalue weighted by Crippen LogP contribution is 2.18. The summed E-state index contributed by atoms with van der Waals surface area (Å²) in [5, 5.41) is 0. The van der Waals surface area contributed by atoms with Crippen LogP contribution in [0.15, 0.2) is 34.3 Å². The third-order valence-electron chi connectivity index (χ3n) is 2.10. The average Bonchev–Trinajstić information content (AvgIpc) is 2.52. The van der Waals surface area contributed by atoms with Crippen LogP contribution in [0.5, 0.6) is 0 Å². The molecule has 76 valence electrons. The Balaban J connectivity index is 2.84. The van der Waals surface area contributed by atoms with Crippen LogP contribution < -0.4 is 0 Å². The van der Waals surface area contributed by atoms with E-state index in [0.717, 1.165) is 17.9 Å². The maximum absolute atomic E-state index is 5.53. The van der Waals surface area contributed by atoms with Crippen LogP contribution in [0.3, 0.4) is 0 Å². The van der Waals surface area contributed by atoms with Crippen molar-refractivity contribution in [3.8, 4) is 0 Å². The number of allylic oxidation sites excluding steroid dienone is 4. The third-order valence-corrected chi connectivity index (χ3v) is 2.10. The summed E-state index contributed by atoms with van der Waals surface area (Å²) in [4.78, 5) is 0. The lowest BCUT2D eigenvalue weighted by Gasteiger charge is -1.97. The van der Waals surface area contributed by atoms with E-state index in [-0.39, 0.29) is 0 Å². The molecule has 0 aliphatic heterocycles. The van der Waals surface area contributed by atoms with Crippen molar-refractivity contribution in [3.63, 3.8) is 0 Å². The van der Waals surface area contributed by atoms with Crippen molar-refractivity contribution >= 4 is 5.57 Å². The molecule has 0 spiro atoms. The Hall–Kier alpha value is -1.24. The zero-order chi connectivity index (χ0) is 10.6. The summed E-state index contributed by atoms with van der Waals surface area (Å²) < 4.78 is 5.53. The molecule has 0 aromatic carbocycles. The first-order valence-corrected chi connectivity index (χ1v) is 5.05. The van der Waals surface area contributed by atoms with Gasteiger partial charge in [-0.05, 0) is 44.9 Å². The lowest BCUT2D eigenvalue weighted by molar-refractivity contribution is 0.521. The molecular weight excluding hydrogens is 172 g/mol. The highest BCUT2D eigenvalue weighted by atomic mass is 16.3. The monoisotopic (exact) mass is 190 g/mol. The van der Waals surface area contributed by atoms with E-state index in [4.69, 9.17) is 4.42 Å². The molecule has 0 unspecified atom stereocenters. The number of furan rings is 1. The van der Waals surface area contributed by atoms with Gasteiger partial charge in [-0.3, -0.25) is 0 Å².